The first-order chi connectivity index (χ1) is 13.8. The molecule has 1 fully saturated rings. The van der Waals surface area contributed by atoms with Gasteiger partial charge < -0.3 is 5.32 Å². The molecule has 0 spiro atoms. The van der Waals surface area contributed by atoms with Crippen LogP contribution in [0, 0.1) is 0 Å². The number of nitrogens with one attached hydrogen (secondary N) is 1. The zero-order valence-corrected chi connectivity index (χ0v) is 16.6. The maximum absolute atomic E-state index is 12.8. The van der Waals surface area contributed by atoms with Gasteiger partial charge in [-0.1, -0.05) is 25.5 Å². The minimum Gasteiger partial charge on any atom is -0.326 e. The Labute approximate surface area is 171 Å². The summed E-state index contributed by atoms with van der Waals surface area (Å²) in [4.78, 5) is 25.7. The molecule has 1 saturated heterocycles. The van der Waals surface area contributed by atoms with Gasteiger partial charge in [-0.15, -0.1) is 11.8 Å². The molecule has 0 aliphatic carbocycles. The molecule has 1 atom stereocenters. The van der Waals surface area contributed by atoms with Gasteiger partial charge in [0.2, 0.25) is 11.8 Å². The predicted octanol–water partition coefficient (Wildman–Crippen LogP) is 5.61. The summed E-state index contributed by atoms with van der Waals surface area (Å²) in [6, 6.07) is 11.8. The fourth-order valence-corrected chi connectivity index (χ4v) is 4.23. The molecule has 0 bridgehead atoms. The van der Waals surface area contributed by atoms with Crippen molar-refractivity contribution in [3.63, 3.8) is 0 Å². The number of alkyl halides is 3. The van der Waals surface area contributed by atoms with Crippen LogP contribution in [-0.2, 0) is 15.8 Å². The molecule has 2 aromatic rings. The predicted molar refractivity (Wildman–Crippen MR) is 109 cm³/mol. The summed E-state index contributed by atoms with van der Waals surface area (Å²) in [5.41, 5.74) is 1.19. The molecule has 0 radical (unpaired) electrons. The Kier molecular flexibility index (Phi) is 6.52. The third-order valence-electron chi connectivity index (χ3n) is 4.58. The van der Waals surface area contributed by atoms with Gasteiger partial charge in [-0.3, -0.25) is 14.5 Å². The van der Waals surface area contributed by atoms with E-state index in [1.165, 1.54) is 28.8 Å². The van der Waals surface area contributed by atoms with Crippen LogP contribution in [-0.4, -0.2) is 17.6 Å². The van der Waals surface area contributed by atoms with Crippen molar-refractivity contribution in [1.29, 1.82) is 0 Å². The van der Waals surface area contributed by atoms with Gasteiger partial charge in [-0.25, -0.2) is 0 Å². The van der Waals surface area contributed by atoms with Crippen molar-refractivity contribution in [2.45, 2.75) is 37.7 Å². The Morgan fingerprint density at radius 3 is 2.38 bits per heavy atom. The van der Waals surface area contributed by atoms with Gasteiger partial charge in [-0.05, 0) is 48.4 Å². The molecule has 2 amide bonds. The molecule has 1 aliphatic rings. The minimum atomic E-state index is -4.42. The normalized spacial score (nSPS) is 16.9. The molecule has 4 nitrogen and oxygen atoms in total. The lowest BCUT2D eigenvalue weighted by Crippen LogP contribution is -2.27. The molecule has 29 heavy (non-hydrogen) atoms. The van der Waals surface area contributed by atoms with E-state index in [0.29, 0.717) is 17.8 Å². The van der Waals surface area contributed by atoms with Crippen LogP contribution in [0.4, 0.5) is 24.5 Å². The van der Waals surface area contributed by atoms with E-state index in [4.69, 9.17) is 0 Å². The van der Waals surface area contributed by atoms with Crippen LogP contribution in [0.2, 0.25) is 0 Å². The molecular formula is C21H21F3N2O2S. The third-order valence-corrected chi connectivity index (χ3v) is 5.79. The first-order valence-corrected chi connectivity index (χ1v) is 10.3. The number of carbonyl (C=O) groups is 2. The van der Waals surface area contributed by atoms with Crippen molar-refractivity contribution >= 4 is 35.0 Å². The van der Waals surface area contributed by atoms with Gasteiger partial charge in [0.15, 0.2) is 0 Å². The van der Waals surface area contributed by atoms with Gasteiger partial charge in [0.05, 0.1) is 11.3 Å². The second-order valence-electron chi connectivity index (χ2n) is 6.75. The van der Waals surface area contributed by atoms with Crippen molar-refractivity contribution in [2.24, 2.45) is 0 Å². The van der Waals surface area contributed by atoms with Crippen LogP contribution in [0.15, 0.2) is 48.5 Å². The van der Waals surface area contributed by atoms with Gasteiger partial charge in [0.1, 0.15) is 5.37 Å². The molecule has 2 aromatic carbocycles. The number of hydrogen-bond donors (Lipinski definition) is 1. The van der Waals surface area contributed by atoms with Crippen LogP contribution in [0.1, 0.15) is 42.7 Å². The average Bonchev–Trinajstić information content (AvgIpc) is 3.08. The molecule has 1 aliphatic heterocycles. The highest BCUT2D eigenvalue weighted by molar-refractivity contribution is 8.00. The quantitative estimate of drug-likeness (QED) is 0.658. The summed E-state index contributed by atoms with van der Waals surface area (Å²) in [6.07, 6.45) is -2.18. The fourth-order valence-electron chi connectivity index (χ4n) is 3.05. The summed E-state index contributed by atoms with van der Waals surface area (Å²) in [7, 11) is 0. The Bertz CT molecular complexity index is 867. The number of anilines is 2. The van der Waals surface area contributed by atoms with E-state index in [1.807, 2.05) is 19.1 Å². The molecule has 0 unspecified atom stereocenters. The monoisotopic (exact) mass is 422 g/mol. The maximum Gasteiger partial charge on any atom is 0.416 e. The topological polar surface area (TPSA) is 49.4 Å². The van der Waals surface area contributed by atoms with Crippen LogP contribution >= 0.6 is 11.8 Å². The lowest BCUT2D eigenvalue weighted by Gasteiger charge is -2.25. The molecule has 8 heteroatoms. The van der Waals surface area contributed by atoms with E-state index < -0.39 is 11.7 Å². The molecular weight excluding hydrogens is 401 g/mol. The van der Waals surface area contributed by atoms with Crippen molar-refractivity contribution in [3.05, 3.63) is 59.7 Å². The Morgan fingerprint density at radius 2 is 1.79 bits per heavy atom. The van der Waals surface area contributed by atoms with Crippen molar-refractivity contribution in [3.8, 4) is 0 Å². The second kappa shape index (κ2) is 8.90. The number of amides is 2. The zero-order valence-electron chi connectivity index (χ0n) is 15.8. The smallest absolute Gasteiger partial charge is 0.326 e. The van der Waals surface area contributed by atoms with E-state index in [2.05, 4.69) is 5.32 Å². The average molecular weight is 422 g/mol. The summed E-state index contributed by atoms with van der Waals surface area (Å²) < 4.78 is 38.4. The van der Waals surface area contributed by atoms with Crippen LogP contribution < -0.4 is 10.2 Å². The second-order valence-corrected chi connectivity index (χ2v) is 7.81. The maximum atomic E-state index is 12.8. The van der Waals surface area contributed by atoms with E-state index in [1.54, 1.807) is 12.1 Å². The van der Waals surface area contributed by atoms with Crippen LogP contribution in [0.5, 0.6) is 0 Å². The summed E-state index contributed by atoms with van der Waals surface area (Å²) in [5.74, 6) is 0.0504. The van der Waals surface area contributed by atoms with E-state index in [9.17, 15) is 22.8 Å². The van der Waals surface area contributed by atoms with Gasteiger partial charge in [0.25, 0.3) is 0 Å². The number of thioether (sulfide) groups is 1. The van der Waals surface area contributed by atoms with E-state index in [0.717, 1.165) is 30.5 Å². The number of rotatable bonds is 6. The van der Waals surface area contributed by atoms with Gasteiger partial charge in [0, 0.05) is 17.8 Å². The van der Waals surface area contributed by atoms with E-state index >= 15 is 0 Å². The molecule has 3 rings (SSSR count). The Hall–Kier alpha value is -2.48. The SMILES string of the molecule is CCCCC(=O)Nc1ccc([C@@H]2SCC(=O)N2c2ccc(C(F)(F)F)cc2)cc1. The first-order valence-electron chi connectivity index (χ1n) is 9.30. The number of carbonyl (C=O) groups excluding carboxylic acids is 2. The molecule has 1 N–H and O–H groups in total. The highest BCUT2D eigenvalue weighted by atomic mass is 32.2. The van der Waals surface area contributed by atoms with Crippen molar-refractivity contribution < 1.29 is 22.8 Å². The first kappa shape index (κ1) is 21.2. The van der Waals surface area contributed by atoms with Crippen LogP contribution in [0.3, 0.4) is 0 Å². The lowest BCUT2D eigenvalue weighted by atomic mass is 10.1. The van der Waals surface area contributed by atoms with Crippen LogP contribution in [0.25, 0.3) is 0 Å². The van der Waals surface area contributed by atoms with Crippen molar-refractivity contribution in [2.75, 3.05) is 16.0 Å². The molecule has 0 aromatic heterocycles. The molecule has 154 valence electrons. The number of unbranched alkanes of at least 4 members (excludes halogenated alkanes) is 1. The molecule has 1 heterocycles. The van der Waals surface area contributed by atoms with E-state index in [-0.39, 0.29) is 22.9 Å². The largest absolute Gasteiger partial charge is 0.416 e. The Morgan fingerprint density at radius 1 is 1.14 bits per heavy atom. The summed E-state index contributed by atoms with van der Waals surface area (Å²) >= 11 is 1.41. The summed E-state index contributed by atoms with van der Waals surface area (Å²) in [5, 5.41) is 2.50. The van der Waals surface area contributed by atoms with Gasteiger partial charge in [-0.2, -0.15) is 13.2 Å². The number of halogens is 3. The lowest BCUT2D eigenvalue weighted by molar-refractivity contribution is -0.137. The highest BCUT2D eigenvalue weighted by Crippen LogP contribution is 2.42. The standard InChI is InChI=1S/C21H21F3N2O2S/c1-2-3-4-18(27)25-16-9-5-14(6-10-16)20-26(19(28)13-29-20)17-11-7-15(8-12-17)21(22,23)24/h5-12,20H,2-4,13H2,1H3,(H,25,27)/t20-/m0/s1. The Balaban J connectivity index is 1.75. The summed E-state index contributed by atoms with van der Waals surface area (Å²) in [6.45, 7) is 2.02. The van der Waals surface area contributed by atoms with Gasteiger partial charge >= 0.3 is 6.18 Å². The number of nitrogens with zero attached hydrogens (tertiary/aromatic N) is 1. The fraction of sp³-hybridized carbons (Fsp3) is 0.333. The number of benzene rings is 2. The highest BCUT2D eigenvalue weighted by Gasteiger charge is 2.35. The van der Waals surface area contributed by atoms with Crippen molar-refractivity contribution in [1.82, 2.24) is 0 Å². The number of hydrogen-bond acceptors (Lipinski definition) is 3. The zero-order chi connectivity index (χ0) is 21.0. The molecule has 0 saturated carbocycles. The third kappa shape index (κ3) is 5.12. The minimum absolute atomic E-state index is 0.0450.